The molecule has 0 saturated heterocycles. The fourth-order valence-corrected chi connectivity index (χ4v) is 3.05. The van der Waals surface area contributed by atoms with Gasteiger partial charge in [-0.25, -0.2) is 10.9 Å². The Morgan fingerprint density at radius 1 is 0.594 bits per heavy atom. The van der Waals surface area contributed by atoms with Crippen LogP contribution in [0.5, 0.6) is 0 Å². The van der Waals surface area contributed by atoms with Crippen molar-refractivity contribution < 1.29 is 9.59 Å². The van der Waals surface area contributed by atoms with Crippen molar-refractivity contribution in [1.29, 1.82) is 0 Å². The van der Waals surface area contributed by atoms with Crippen LogP contribution in [-0.2, 0) is 0 Å². The highest BCUT2D eigenvalue weighted by Gasteiger charge is 2.07. The van der Waals surface area contributed by atoms with Gasteiger partial charge in [-0.05, 0) is 63.1 Å². The summed E-state index contributed by atoms with van der Waals surface area (Å²) >= 11 is 0. The van der Waals surface area contributed by atoms with E-state index in [-0.39, 0.29) is 11.8 Å². The number of nitrogens with one attached hydrogen (secondary N) is 2. The Morgan fingerprint density at radius 3 is 1.31 bits per heavy atom. The van der Waals surface area contributed by atoms with E-state index in [2.05, 4.69) is 21.1 Å². The lowest BCUT2D eigenvalue weighted by molar-refractivity contribution is 0.0947. The highest BCUT2D eigenvalue weighted by atomic mass is 16.2. The fraction of sp³-hybridized carbons (Fsp3) is 0.154. The third-order valence-corrected chi connectivity index (χ3v) is 4.93. The molecule has 162 valence electrons. The molecule has 0 aliphatic carbocycles. The number of aryl methyl sites for hydroxylation is 2. The zero-order chi connectivity index (χ0) is 23.1. The van der Waals surface area contributed by atoms with Crippen LogP contribution in [0.25, 0.3) is 0 Å². The van der Waals surface area contributed by atoms with Crippen LogP contribution >= 0.6 is 0 Å². The second kappa shape index (κ2) is 10.3. The summed E-state index contributed by atoms with van der Waals surface area (Å²) in [6.07, 6.45) is 0. The number of carbonyl (C=O) groups is 2. The SMILES string of the molecule is C/C(=N\NC(=O)c1cccc(C)c1)c1ccc(/C(C)=N/NC(=O)c2cccc(C)c2)cc1. The van der Waals surface area contributed by atoms with E-state index in [1.54, 1.807) is 12.1 Å². The summed E-state index contributed by atoms with van der Waals surface area (Å²) in [6.45, 7) is 7.53. The average Bonchev–Trinajstić information content (AvgIpc) is 2.80. The lowest BCUT2D eigenvalue weighted by atomic mass is 10.1. The molecule has 0 atom stereocenters. The molecule has 0 bridgehead atoms. The Hall–Kier alpha value is -4.06. The third-order valence-electron chi connectivity index (χ3n) is 4.93. The Morgan fingerprint density at radius 2 is 0.969 bits per heavy atom. The molecule has 0 aliphatic rings. The number of nitrogens with zero attached hydrogens (tertiary/aromatic N) is 2. The maximum absolute atomic E-state index is 12.3. The topological polar surface area (TPSA) is 82.9 Å². The van der Waals surface area contributed by atoms with E-state index in [1.165, 1.54) is 0 Å². The molecule has 3 rings (SSSR count). The molecule has 0 heterocycles. The number of hydrogen-bond acceptors (Lipinski definition) is 4. The van der Waals surface area contributed by atoms with Crippen molar-refractivity contribution in [2.24, 2.45) is 10.2 Å². The van der Waals surface area contributed by atoms with Gasteiger partial charge in [0.25, 0.3) is 11.8 Å². The normalized spacial score (nSPS) is 11.8. The van der Waals surface area contributed by atoms with Crippen LogP contribution in [0.4, 0.5) is 0 Å². The number of carbonyl (C=O) groups excluding carboxylic acids is 2. The Labute approximate surface area is 188 Å². The zero-order valence-electron chi connectivity index (χ0n) is 18.6. The van der Waals surface area contributed by atoms with Crippen LogP contribution in [0.3, 0.4) is 0 Å². The van der Waals surface area contributed by atoms with Crippen LogP contribution in [0, 0.1) is 13.8 Å². The van der Waals surface area contributed by atoms with Gasteiger partial charge in [-0.1, -0.05) is 59.7 Å². The fourth-order valence-electron chi connectivity index (χ4n) is 3.05. The first-order valence-electron chi connectivity index (χ1n) is 10.3. The smallest absolute Gasteiger partial charge is 0.267 e. The summed E-state index contributed by atoms with van der Waals surface area (Å²) in [5, 5.41) is 8.41. The maximum Gasteiger partial charge on any atom is 0.271 e. The highest BCUT2D eigenvalue weighted by molar-refractivity contribution is 6.03. The molecule has 0 radical (unpaired) electrons. The van der Waals surface area contributed by atoms with Crippen molar-refractivity contribution in [2.75, 3.05) is 0 Å². The van der Waals surface area contributed by atoms with Crippen LogP contribution < -0.4 is 10.9 Å². The van der Waals surface area contributed by atoms with Gasteiger partial charge in [0, 0.05) is 11.1 Å². The first-order chi connectivity index (χ1) is 15.3. The van der Waals surface area contributed by atoms with Crippen molar-refractivity contribution in [1.82, 2.24) is 10.9 Å². The van der Waals surface area contributed by atoms with Gasteiger partial charge in [0.1, 0.15) is 0 Å². The Bertz CT molecular complexity index is 1100. The molecule has 0 aliphatic heterocycles. The summed E-state index contributed by atoms with van der Waals surface area (Å²) in [7, 11) is 0. The third kappa shape index (κ3) is 5.98. The molecule has 2 amide bonds. The zero-order valence-corrected chi connectivity index (χ0v) is 18.6. The summed E-state index contributed by atoms with van der Waals surface area (Å²) < 4.78 is 0. The number of rotatable bonds is 6. The minimum absolute atomic E-state index is 0.253. The number of hydrazone groups is 2. The molecular weight excluding hydrogens is 400 g/mol. The van der Waals surface area contributed by atoms with E-state index in [0.717, 1.165) is 22.3 Å². The lowest BCUT2D eigenvalue weighted by Crippen LogP contribution is -2.19. The van der Waals surface area contributed by atoms with E-state index >= 15 is 0 Å². The molecule has 6 nitrogen and oxygen atoms in total. The van der Waals surface area contributed by atoms with Crippen molar-refractivity contribution in [3.63, 3.8) is 0 Å². The van der Waals surface area contributed by atoms with Crippen molar-refractivity contribution in [3.8, 4) is 0 Å². The minimum atomic E-state index is -0.253. The summed E-state index contributed by atoms with van der Waals surface area (Å²) in [4.78, 5) is 24.5. The monoisotopic (exact) mass is 426 g/mol. The Kier molecular flexibility index (Phi) is 7.29. The summed E-state index contributed by atoms with van der Waals surface area (Å²) in [5.74, 6) is -0.506. The van der Waals surface area contributed by atoms with Gasteiger partial charge in [0.2, 0.25) is 0 Å². The molecule has 0 fully saturated rings. The van der Waals surface area contributed by atoms with Crippen LogP contribution in [0.1, 0.15) is 56.8 Å². The lowest BCUT2D eigenvalue weighted by Gasteiger charge is -2.06. The van der Waals surface area contributed by atoms with E-state index in [1.807, 2.05) is 88.4 Å². The second-order valence-corrected chi connectivity index (χ2v) is 7.59. The molecule has 3 aromatic carbocycles. The second-order valence-electron chi connectivity index (χ2n) is 7.59. The van der Waals surface area contributed by atoms with Crippen LogP contribution in [0.15, 0.2) is 83.0 Å². The summed E-state index contributed by atoms with van der Waals surface area (Å²) in [6, 6.07) is 22.3. The van der Waals surface area contributed by atoms with Gasteiger partial charge in [0.15, 0.2) is 0 Å². The maximum atomic E-state index is 12.3. The minimum Gasteiger partial charge on any atom is -0.267 e. The van der Waals surface area contributed by atoms with Crippen molar-refractivity contribution in [2.45, 2.75) is 27.7 Å². The van der Waals surface area contributed by atoms with Crippen LogP contribution in [0.2, 0.25) is 0 Å². The molecule has 0 spiro atoms. The first kappa shape index (κ1) is 22.6. The number of amides is 2. The molecule has 0 saturated carbocycles. The van der Waals surface area contributed by atoms with Gasteiger partial charge in [-0.3, -0.25) is 9.59 Å². The van der Waals surface area contributed by atoms with Crippen molar-refractivity contribution >= 4 is 23.2 Å². The van der Waals surface area contributed by atoms with Gasteiger partial charge in [0.05, 0.1) is 11.4 Å². The van der Waals surface area contributed by atoms with Gasteiger partial charge in [-0.15, -0.1) is 0 Å². The van der Waals surface area contributed by atoms with Gasteiger partial charge >= 0.3 is 0 Å². The standard InChI is InChI=1S/C26H26N4O2/c1-17-7-5-9-23(15-17)25(31)29-27-19(3)21-11-13-22(14-12-21)20(4)28-30-26(32)24-10-6-8-18(2)16-24/h5-16H,1-4H3,(H,29,31)(H,30,32)/b27-19+,28-20+. The molecule has 0 aromatic heterocycles. The molecular formula is C26H26N4O2. The summed E-state index contributed by atoms with van der Waals surface area (Å²) in [5.41, 5.74) is 11.4. The van der Waals surface area contributed by atoms with E-state index in [4.69, 9.17) is 0 Å². The molecule has 32 heavy (non-hydrogen) atoms. The predicted molar refractivity (Wildman–Crippen MR) is 128 cm³/mol. The largest absolute Gasteiger partial charge is 0.271 e. The highest BCUT2D eigenvalue weighted by Crippen LogP contribution is 2.09. The molecule has 6 heteroatoms. The average molecular weight is 427 g/mol. The van der Waals surface area contributed by atoms with Gasteiger partial charge < -0.3 is 0 Å². The van der Waals surface area contributed by atoms with Crippen molar-refractivity contribution in [3.05, 3.63) is 106 Å². The number of benzene rings is 3. The van der Waals surface area contributed by atoms with E-state index in [0.29, 0.717) is 22.6 Å². The van der Waals surface area contributed by atoms with Gasteiger partial charge in [-0.2, -0.15) is 10.2 Å². The van der Waals surface area contributed by atoms with E-state index in [9.17, 15) is 9.59 Å². The predicted octanol–water partition coefficient (Wildman–Crippen LogP) is 4.61. The van der Waals surface area contributed by atoms with Crippen LogP contribution in [-0.4, -0.2) is 23.2 Å². The first-order valence-corrected chi connectivity index (χ1v) is 10.3. The van der Waals surface area contributed by atoms with E-state index < -0.39 is 0 Å². The number of hydrogen-bond donors (Lipinski definition) is 2. The molecule has 0 unspecified atom stereocenters. The quantitative estimate of drug-likeness (QED) is 0.446. The Balaban J connectivity index is 1.63. The molecule has 3 aromatic rings. The molecule has 2 N–H and O–H groups in total.